The fourth-order valence-electron chi connectivity index (χ4n) is 4.04. The van der Waals surface area contributed by atoms with Crippen LogP contribution in [0.15, 0.2) is 12.7 Å². The molecule has 9 heteroatoms. The molecule has 128 valence electrons. The van der Waals surface area contributed by atoms with Gasteiger partial charge in [-0.2, -0.15) is 0 Å². The zero-order valence-corrected chi connectivity index (χ0v) is 13.4. The van der Waals surface area contributed by atoms with Gasteiger partial charge in [-0.05, 0) is 20.3 Å². The standard InChI is InChI=1S/C15H19N5O4/c1-14(2)22-9-10(23-14)15(3-7(15)4-21)24-13(9)20-6-19-8-11(16)17-5-18-12(8)20/h5-7,9-10,13,21H,3-4H2,1-2H3,(H2,16,17,18)/t7-,9?,10?,13?,15+/m1/s1. The van der Waals surface area contributed by atoms with Crippen LogP contribution in [0, 0.1) is 5.92 Å². The van der Waals surface area contributed by atoms with Crippen LogP contribution in [0.4, 0.5) is 5.82 Å². The molecule has 0 amide bonds. The van der Waals surface area contributed by atoms with Crippen molar-refractivity contribution in [2.45, 2.75) is 50.1 Å². The lowest BCUT2D eigenvalue weighted by atomic mass is 10.1. The molecule has 2 aliphatic heterocycles. The van der Waals surface area contributed by atoms with Gasteiger partial charge >= 0.3 is 0 Å². The first kappa shape index (κ1) is 14.5. The Hall–Kier alpha value is -1.81. The quantitative estimate of drug-likeness (QED) is 0.801. The monoisotopic (exact) mass is 333 g/mol. The molecular weight excluding hydrogens is 314 g/mol. The molecule has 9 nitrogen and oxygen atoms in total. The van der Waals surface area contributed by atoms with E-state index in [0.29, 0.717) is 17.0 Å². The van der Waals surface area contributed by atoms with Gasteiger partial charge < -0.3 is 25.1 Å². The van der Waals surface area contributed by atoms with E-state index < -0.39 is 17.6 Å². The molecule has 1 spiro atoms. The SMILES string of the molecule is CC1(C)OC2C(n3cnc4c(N)ncnc43)O[C@]3(C[C@@H]3CO)C2O1. The number of hydrogen-bond acceptors (Lipinski definition) is 8. The highest BCUT2D eigenvalue weighted by Gasteiger charge is 2.73. The molecule has 3 N–H and O–H groups in total. The first-order valence-electron chi connectivity index (χ1n) is 8.02. The molecule has 0 radical (unpaired) electrons. The molecule has 3 aliphatic rings. The second-order valence-electron chi connectivity index (χ2n) is 7.15. The molecule has 24 heavy (non-hydrogen) atoms. The van der Waals surface area contributed by atoms with Crippen molar-refractivity contribution >= 4 is 17.0 Å². The molecule has 3 unspecified atom stereocenters. The number of hydrogen-bond donors (Lipinski definition) is 2. The van der Waals surface area contributed by atoms with Gasteiger partial charge in [-0.15, -0.1) is 0 Å². The Labute approximate surface area is 137 Å². The van der Waals surface area contributed by atoms with Crippen LogP contribution >= 0.6 is 0 Å². The van der Waals surface area contributed by atoms with Gasteiger partial charge in [0.05, 0.1) is 6.33 Å². The number of anilines is 1. The van der Waals surface area contributed by atoms with Crippen molar-refractivity contribution < 1.29 is 19.3 Å². The highest BCUT2D eigenvalue weighted by atomic mass is 16.8. The van der Waals surface area contributed by atoms with Crippen LogP contribution < -0.4 is 5.73 Å². The zero-order valence-electron chi connectivity index (χ0n) is 13.4. The van der Waals surface area contributed by atoms with Crippen molar-refractivity contribution in [3.05, 3.63) is 12.7 Å². The minimum absolute atomic E-state index is 0.0574. The summed E-state index contributed by atoms with van der Waals surface area (Å²) in [6.45, 7) is 3.84. The van der Waals surface area contributed by atoms with Gasteiger partial charge in [-0.25, -0.2) is 15.0 Å². The molecule has 4 heterocycles. The first-order valence-corrected chi connectivity index (χ1v) is 8.02. The van der Waals surface area contributed by atoms with Crippen LogP contribution in [0.5, 0.6) is 0 Å². The summed E-state index contributed by atoms with van der Waals surface area (Å²) in [5, 5.41) is 9.57. The normalized spacial score (nSPS) is 39.6. The van der Waals surface area contributed by atoms with Gasteiger partial charge in [0.15, 0.2) is 23.5 Å². The molecule has 5 rings (SSSR count). The third-order valence-electron chi connectivity index (χ3n) is 5.21. The van der Waals surface area contributed by atoms with Gasteiger partial charge in [0.2, 0.25) is 0 Å². The maximum atomic E-state index is 9.57. The lowest BCUT2D eigenvalue weighted by molar-refractivity contribution is -0.204. The average molecular weight is 333 g/mol. The largest absolute Gasteiger partial charge is 0.396 e. The third-order valence-corrected chi connectivity index (χ3v) is 5.21. The van der Waals surface area contributed by atoms with E-state index in [0.717, 1.165) is 6.42 Å². The van der Waals surface area contributed by atoms with Gasteiger partial charge in [-0.1, -0.05) is 0 Å². The van der Waals surface area contributed by atoms with Crippen LogP contribution in [-0.2, 0) is 14.2 Å². The lowest BCUT2D eigenvalue weighted by Gasteiger charge is -2.25. The van der Waals surface area contributed by atoms with Crippen molar-refractivity contribution in [1.82, 2.24) is 19.5 Å². The van der Waals surface area contributed by atoms with Crippen molar-refractivity contribution in [2.24, 2.45) is 5.92 Å². The van der Waals surface area contributed by atoms with E-state index in [9.17, 15) is 5.11 Å². The molecule has 1 saturated carbocycles. The second-order valence-corrected chi connectivity index (χ2v) is 7.15. The number of nitrogens with two attached hydrogens (primary N) is 1. The van der Waals surface area contributed by atoms with Crippen LogP contribution in [0.3, 0.4) is 0 Å². The summed E-state index contributed by atoms with van der Waals surface area (Å²) in [4.78, 5) is 12.6. The predicted molar refractivity (Wildman–Crippen MR) is 81.6 cm³/mol. The lowest BCUT2D eigenvalue weighted by Crippen LogP contribution is -2.33. The van der Waals surface area contributed by atoms with Crippen molar-refractivity contribution in [1.29, 1.82) is 0 Å². The molecule has 0 aromatic carbocycles. The van der Waals surface area contributed by atoms with Gasteiger partial charge in [-0.3, -0.25) is 4.57 Å². The van der Waals surface area contributed by atoms with Crippen LogP contribution in [-0.4, -0.2) is 54.8 Å². The van der Waals surface area contributed by atoms with E-state index in [4.69, 9.17) is 19.9 Å². The minimum atomic E-state index is -0.697. The topological polar surface area (TPSA) is 118 Å². The Balaban J connectivity index is 1.59. The molecule has 1 aliphatic carbocycles. The predicted octanol–water partition coefficient (Wildman–Crippen LogP) is 0.208. The smallest absolute Gasteiger partial charge is 0.167 e. The summed E-state index contributed by atoms with van der Waals surface area (Å²) in [5.74, 6) is -0.314. The number of aliphatic hydroxyl groups excluding tert-OH is 1. The Morgan fingerprint density at radius 3 is 2.88 bits per heavy atom. The number of rotatable bonds is 2. The molecule has 2 saturated heterocycles. The van der Waals surface area contributed by atoms with Crippen molar-refractivity contribution in [3.8, 4) is 0 Å². The van der Waals surface area contributed by atoms with E-state index >= 15 is 0 Å². The minimum Gasteiger partial charge on any atom is -0.396 e. The van der Waals surface area contributed by atoms with E-state index in [1.807, 2.05) is 18.4 Å². The van der Waals surface area contributed by atoms with Crippen LogP contribution in [0.1, 0.15) is 26.5 Å². The third kappa shape index (κ3) is 1.75. The van der Waals surface area contributed by atoms with E-state index in [-0.39, 0.29) is 24.7 Å². The van der Waals surface area contributed by atoms with E-state index in [1.54, 1.807) is 6.33 Å². The van der Waals surface area contributed by atoms with Crippen LogP contribution in [0.25, 0.3) is 11.2 Å². The molecule has 0 bridgehead atoms. The number of aromatic nitrogens is 4. The Morgan fingerprint density at radius 1 is 1.29 bits per heavy atom. The van der Waals surface area contributed by atoms with Crippen LogP contribution in [0.2, 0.25) is 0 Å². The summed E-state index contributed by atoms with van der Waals surface area (Å²) < 4.78 is 20.3. The number of ether oxygens (including phenoxy) is 3. The fourth-order valence-corrected chi connectivity index (χ4v) is 4.04. The van der Waals surface area contributed by atoms with Gasteiger partial charge in [0.1, 0.15) is 29.7 Å². The number of fused-ring (bicyclic) bond motifs is 3. The molecule has 5 atom stereocenters. The zero-order chi connectivity index (χ0) is 16.7. The summed E-state index contributed by atoms with van der Waals surface area (Å²) in [6, 6.07) is 0. The summed E-state index contributed by atoms with van der Waals surface area (Å²) >= 11 is 0. The second kappa shape index (κ2) is 4.42. The average Bonchev–Trinajstić information content (AvgIpc) is 2.78. The summed E-state index contributed by atoms with van der Waals surface area (Å²) in [5.41, 5.74) is 6.49. The van der Waals surface area contributed by atoms with Gasteiger partial charge in [0.25, 0.3) is 0 Å². The van der Waals surface area contributed by atoms with E-state index in [1.165, 1.54) is 6.33 Å². The molecule has 2 aromatic rings. The Kier molecular flexibility index (Phi) is 2.68. The number of aliphatic hydroxyl groups is 1. The van der Waals surface area contributed by atoms with Crippen molar-refractivity contribution in [3.63, 3.8) is 0 Å². The maximum Gasteiger partial charge on any atom is 0.167 e. The molecular formula is C15H19N5O4. The Bertz CT molecular complexity index is 823. The first-order chi connectivity index (χ1) is 11.5. The maximum absolute atomic E-state index is 9.57. The Morgan fingerprint density at radius 2 is 2.12 bits per heavy atom. The molecule has 2 aromatic heterocycles. The van der Waals surface area contributed by atoms with Gasteiger partial charge in [0, 0.05) is 12.5 Å². The summed E-state index contributed by atoms with van der Waals surface area (Å²) in [7, 11) is 0. The molecule has 3 fully saturated rings. The highest BCUT2D eigenvalue weighted by molar-refractivity contribution is 5.81. The number of nitrogen functional groups attached to an aromatic ring is 1. The fraction of sp³-hybridized carbons (Fsp3) is 0.667. The summed E-state index contributed by atoms with van der Waals surface area (Å²) in [6.07, 6.45) is 2.83. The highest BCUT2D eigenvalue weighted by Crippen LogP contribution is 2.62. The number of imidazole rings is 1. The van der Waals surface area contributed by atoms with Crippen molar-refractivity contribution in [2.75, 3.05) is 12.3 Å². The number of nitrogens with zero attached hydrogens (tertiary/aromatic N) is 4. The van der Waals surface area contributed by atoms with E-state index in [2.05, 4.69) is 15.0 Å².